The van der Waals surface area contributed by atoms with E-state index in [1.807, 2.05) is 12.4 Å². The van der Waals surface area contributed by atoms with Crippen molar-refractivity contribution < 1.29 is 4.39 Å². The number of thiophene rings is 1. The summed E-state index contributed by atoms with van der Waals surface area (Å²) in [7, 11) is 1.99. The first-order valence-corrected chi connectivity index (χ1v) is 7.30. The zero-order valence-electron chi connectivity index (χ0n) is 10.6. The van der Waals surface area contributed by atoms with Crippen LogP contribution in [-0.2, 0) is 6.54 Å². The van der Waals surface area contributed by atoms with Crippen LogP contribution in [-0.4, -0.2) is 18.5 Å². The standard InChI is InChI=1S/C14H16ClFN2S/c1-18(8-10-4-5-19-9-10)14(7-17)12-3-2-11(16)6-13(12)15/h2-6,9,14H,7-8,17H2,1H3. The van der Waals surface area contributed by atoms with Gasteiger partial charge in [-0.25, -0.2) is 4.39 Å². The molecule has 102 valence electrons. The van der Waals surface area contributed by atoms with E-state index < -0.39 is 0 Å². The summed E-state index contributed by atoms with van der Waals surface area (Å²) in [6, 6.07) is 6.52. The zero-order chi connectivity index (χ0) is 13.8. The van der Waals surface area contributed by atoms with Crippen LogP contribution >= 0.6 is 22.9 Å². The Labute approximate surface area is 121 Å². The van der Waals surface area contributed by atoms with Gasteiger partial charge in [-0.2, -0.15) is 11.3 Å². The van der Waals surface area contributed by atoms with E-state index in [4.69, 9.17) is 17.3 Å². The van der Waals surface area contributed by atoms with Gasteiger partial charge in [-0.05, 0) is 47.1 Å². The normalized spacial score (nSPS) is 12.9. The van der Waals surface area contributed by atoms with E-state index in [0.29, 0.717) is 11.6 Å². The monoisotopic (exact) mass is 298 g/mol. The molecule has 0 bridgehead atoms. The Bertz CT molecular complexity index is 530. The Morgan fingerprint density at radius 2 is 2.21 bits per heavy atom. The van der Waals surface area contributed by atoms with Gasteiger partial charge < -0.3 is 5.73 Å². The third-order valence-corrected chi connectivity index (χ3v) is 4.15. The molecule has 1 aromatic heterocycles. The van der Waals surface area contributed by atoms with Gasteiger partial charge in [-0.15, -0.1) is 0 Å². The average Bonchev–Trinajstić information content (AvgIpc) is 2.85. The fraction of sp³-hybridized carbons (Fsp3) is 0.286. The molecule has 2 nitrogen and oxygen atoms in total. The van der Waals surface area contributed by atoms with Crippen molar-refractivity contribution >= 4 is 22.9 Å². The van der Waals surface area contributed by atoms with Crippen molar-refractivity contribution in [3.8, 4) is 0 Å². The predicted molar refractivity (Wildman–Crippen MR) is 79.0 cm³/mol. The van der Waals surface area contributed by atoms with Gasteiger partial charge in [0, 0.05) is 24.2 Å². The van der Waals surface area contributed by atoms with Crippen molar-refractivity contribution in [1.82, 2.24) is 4.90 Å². The van der Waals surface area contributed by atoms with E-state index in [1.54, 1.807) is 17.4 Å². The zero-order valence-corrected chi connectivity index (χ0v) is 12.2. The molecule has 1 unspecified atom stereocenters. The van der Waals surface area contributed by atoms with Gasteiger partial charge in [0.05, 0.1) is 0 Å². The molecule has 0 radical (unpaired) electrons. The fourth-order valence-corrected chi connectivity index (χ4v) is 3.05. The maximum atomic E-state index is 13.1. The van der Waals surface area contributed by atoms with Crippen molar-refractivity contribution in [2.75, 3.05) is 13.6 Å². The Balaban J connectivity index is 2.18. The number of halogens is 2. The minimum atomic E-state index is -0.329. The second-order valence-electron chi connectivity index (χ2n) is 4.46. The van der Waals surface area contributed by atoms with E-state index in [2.05, 4.69) is 16.3 Å². The van der Waals surface area contributed by atoms with E-state index in [0.717, 1.165) is 12.1 Å². The minimum Gasteiger partial charge on any atom is -0.329 e. The first-order chi connectivity index (χ1) is 9.11. The highest BCUT2D eigenvalue weighted by atomic mass is 35.5. The molecule has 2 aromatic rings. The third kappa shape index (κ3) is 3.54. The number of hydrogen-bond acceptors (Lipinski definition) is 3. The highest BCUT2D eigenvalue weighted by Gasteiger charge is 2.18. The molecule has 0 fully saturated rings. The molecule has 0 amide bonds. The summed E-state index contributed by atoms with van der Waals surface area (Å²) in [6.07, 6.45) is 0. The fourth-order valence-electron chi connectivity index (χ4n) is 2.10. The summed E-state index contributed by atoms with van der Waals surface area (Å²) < 4.78 is 13.1. The summed E-state index contributed by atoms with van der Waals surface area (Å²) in [5.74, 6) is -0.329. The molecule has 0 aliphatic heterocycles. The molecule has 1 heterocycles. The summed E-state index contributed by atoms with van der Waals surface area (Å²) in [5.41, 5.74) is 7.95. The quantitative estimate of drug-likeness (QED) is 0.912. The molecule has 0 aliphatic rings. The number of hydrogen-bond donors (Lipinski definition) is 1. The van der Waals surface area contributed by atoms with Crippen LogP contribution in [0.2, 0.25) is 5.02 Å². The largest absolute Gasteiger partial charge is 0.329 e. The number of likely N-dealkylation sites (N-methyl/N-ethyl adjacent to an activating group) is 1. The molecule has 2 rings (SSSR count). The Morgan fingerprint density at radius 3 is 2.79 bits per heavy atom. The first-order valence-electron chi connectivity index (χ1n) is 5.98. The number of nitrogens with two attached hydrogens (primary N) is 1. The van der Waals surface area contributed by atoms with Gasteiger partial charge in [0.15, 0.2) is 0 Å². The lowest BCUT2D eigenvalue weighted by atomic mass is 10.1. The molecule has 0 aliphatic carbocycles. The highest BCUT2D eigenvalue weighted by Crippen LogP contribution is 2.28. The molecule has 0 saturated carbocycles. The van der Waals surface area contributed by atoms with Gasteiger partial charge in [0.2, 0.25) is 0 Å². The van der Waals surface area contributed by atoms with Crippen LogP contribution in [0, 0.1) is 5.82 Å². The molecular weight excluding hydrogens is 283 g/mol. The van der Waals surface area contributed by atoms with Gasteiger partial charge in [-0.3, -0.25) is 4.90 Å². The predicted octanol–water partition coefficient (Wildman–Crippen LogP) is 3.67. The van der Waals surface area contributed by atoms with Gasteiger partial charge >= 0.3 is 0 Å². The Kier molecular flexibility index (Phi) is 4.93. The van der Waals surface area contributed by atoms with Crippen LogP contribution in [0.5, 0.6) is 0 Å². The lowest BCUT2D eigenvalue weighted by molar-refractivity contribution is 0.242. The minimum absolute atomic E-state index is 0.0204. The molecule has 1 atom stereocenters. The summed E-state index contributed by atoms with van der Waals surface area (Å²) in [4.78, 5) is 2.13. The maximum Gasteiger partial charge on any atom is 0.124 e. The second kappa shape index (κ2) is 6.48. The topological polar surface area (TPSA) is 29.3 Å². The van der Waals surface area contributed by atoms with Crippen molar-refractivity contribution in [2.45, 2.75) is 12.6 Å². The molecule has 19 heavy (non-hydrogen) atoms. The summed E-state index contributed by atoms with van der Waals surface area (Å²) in [5, 5.41) is 4.58. The molecule has 0 saturated heterocycles. The van der Waals surface area contributed by atoms with Crippen LogP contribution in [0.4, 0.5) is 4.39 Å². The van der Waals surface area contributed by atoms with Crippen LogP contribution < -0.4 is 5.73 Å². The van der Waals surface area contributed by atoms with E-state index >= 15 is 0 Å². The summed E-state index contributed by atoms with van der Waals surface area (Å²) >= 11 is 7.78. The van der Waals surface area contributed by atoms with Crippen LogP contribution in [0.15, 0.2) is 35.0 Å². The van der Waals surface area contributed by atoms with E-state index in [-0.39, 0.29) is 11.9 Å². The highest BCUT2D eigenvalue weighted by molar-refractivity contribution is 7.07. The van der Waals surface area contributed by atoms with Crippen LogP contribution in [0.25, 0.3) is 0 Å². The Morgan fingerprint density at radius 1 is 1.42 bits per heavy atom. The van der Waals surface area contributed by atoms with Crippen molar-refractivity contribution in [3.05, 3.63) is 57.0 Å². The Hall–Kier alpha value is -0.940. The summed E-state index contributed by atoms with van der Waals surface area (Å²) in [6.45, 7) is 1.23. The number of nitrogens with zero attached hydrogens (tertiary/aromatic N) is 1. The molecule has 0 spiro atoms. The number of benzene rings is 1. The average molecular weight is 299 g/mol. The van der Waals surface area contributed by atoms with Crippen molar-refractivity contribution in [2.24, 2.45) is 5.73 Å². The molecule has 1 aromatic carbocycles. The third-order valence-electron chi connectivity index (χ3n) is 3.09. The van der Waals surface area contributed by atoms with Crippen LogP contribution in [0.1, 0.15) is 17.2 Å². The number of rotatable bonds is 5. The van der Waals surface area contributed by atoms with Crippen molar-refractivity contribution in [3.63, 3.8) is 0 Å². The van der Waals surface area contributed by atoms with Gasteiger partial charge in [-0.1, -0.05) is 17.7 Å². The van der Waals surface area contributed by atoms with Gasteiger partial charge in [0.1, 0.15) is 5.82 Å². The van der Waals surface area contributed by atoms with Gasteiger partial charge in [0.25, 0.3) is 0 Å². The van der Waals surface area contributed by atoms with E-state index in [9.17, 15) is 4.39 Å². The first kappa shape index (κ1) is 14.5. The smallest absolute Gasteiger partial charge is 0.124 e. The molecule has 5 heteroatoms. The lowest BCUT2D eigenvalue weighted by Crippen LogP contribution is -2.30. The second-order valence-corrected chi connectivity index (χ2v) is 5.65. The molecule has 2 N–H and O–H groups in total. The molecular formula is C14H16ClFN2S. The van der Waals surface area contributed by atoms with Crippen molar-refractivity contribution in [1.29, 1.82) is 0 Å². The SMILES string of the molecule is CN(Cc1ccsc1)C(CN)c1ccc(F)cc1Cl. The van der Waals surface area contributed by atoms with Crippen LogP contribution in [0.3, 0.4) is 0 Å². The van der Waals surface area contributed by atoms with E-state index in [1.165, 1.54) is 17.7 Å². The maximum absolute atomic E-state index is 13.1. The lowest BCUT2D eigenvalue weighted by Gasteiger charge is -2.27.